The molecule has 0 saturated heterocycles. The maximum atomic E-state index is 6.56. The second-order valence-electron chi connectivity index (χ2n) is 14.2. The number of aromatic nitrogens is 4. The molecular formula is C52H32N4O2. The molecule has 0 N–H and O–H groups in total. The van der Waals surface area contributed by atoms with Crippen molar-refractivity contribution < 1.29 is 8.83 Å². The Labute approximate surface area is 333 Å². The van der Waals surface area contributed by atoms with Crippen molar-refractivity contribution in [2.24, 2.45) is 0 Å². The van der Waals surface area contributed by atoms with E-state index in [1.807, 2.05) is 91.0 Å². The van der Waals surface area contributed by atoms with Crippen molar-refractivity contribution in [2.75, 3.05) is 0 Å². The van der Waals surface area contributed by atoms with Gasteiger partial charge < -0.3 is 8.83 Å². The standard InChI is InChI=1S/C52H32N4O2/c1-4-13-33(14-5-1)38-19-10-20-39(31-38)34-25-27-37(28-26-34)52-53-44-23-11-21-41(48(44)58-52)40-29-30-42-46(32-40)57-45-24-12-22-43(47(42)45)51-55-49(35-15-6-2-7-16-35)54-50(56-51)36-17-8-3-9-18-36/h1-32H. The molecule has 0 aliphatic heterocycles. The molecule has 0 saturated carbocycles. The lowest BCUT2D eigenvalue weighted by molar-refractivity contribution is 0.621. The molecule has 6 heteroatoms. The summed E-state index contributed by atoms with van der Waals surface area (Å²) in [4.78, 5) is 19.8. The Hall–Kier alpha value is -7.96. The molecule has 0 atom stereocenters. The number of hydrogen-bond donors (Lipinski definition) is 0. The summed E-state index contributed by atoms with van der Waals surface area (Å²) in [6.45, 7) is 0. The number of para-hydroxylation sites is 1. The Morgan fingerprint density at radius 1 is 0.310 bits per heavy atom. The summed E-state index contributed by atoms with van der Waals surface area (Å²) in [5, 5.41) is 1.92. The van der Waals surface area contributed by atoms with Crippen LogP contribution in [0.5, 0.6) is 0 Å². The molecule has 0 spiro atoms. The molecule has 0 amide bonds. The zero-order valence-electron chi connectivity index (χ0n) is 31.1. The second kappa shape index (κ2) is 14.0. The average molecular weight is 745 g/mol. The first-order valence-corrected chi connectivity index (χ1v) is 19.2. The Morgan fingerprint density at radius 2 is 0.845 bits per heavy atom. The fourth-order valence-corrected chi connectivity index (χ4v) is 7.72. The Kier molecular flexibility index (Phi) is 8.04. The third kappa shape index (κ3) is 6.01. The fraction of sp³-hybridized carbons (Fsp3) is 0. The molecular weight excluding hydrogens is 713 g/mol. The van der Waals surface area contributed by atoms with E-state index in [0.717, 1.165) is 77.5 Å². The summed E-state index contributed by atoms with van der Waals surface area (Å²) in [6.07, 6.45) is 0. The van der Waals surface area contributed by atoms with Crippen LogP contribution in [0.1, 0.15) is 0 Å². The van der Waals surface area contributed by atoms with Crippen molar-refractivity contribution in [3.05, 3.63) is 194 Å². The summed E-state index contributed by atoms with van der Waals surface area (Å²) < 4.78 is 13.1. The van der Waals surface area contributed by atoms with Crippen molar-refractivity contribution in [2.45, 2.75) is 0 Å². The van der Waals surface area contributed by atoms with E-state index in [0.29, 0.717) is 23.4 Å². The van der Waals surface area contributed by atoms with Crippen LogP contribution in [0.3, 0.4) is 0 Å². The van der Waals surface area contributed by atoms with Gasteiger partial charge in [-0.25, -0.2) is 19.9 Å². The minimum absolute atomic E-state index is 0.573. The van der Waals surface area contributed by atoms with Gasteiger partial charge in [-0.05, 0) is 70.3 Å². The molecule has 0 unspecified atom stereocenters. The van der Waals surface area contributed by atoms with Crippen LogP contribution in [0, 0.1) is 0 Å². The van der Waals surface area contributed by atoms with Gasteiger partial charge in [-0.1, -0.05) is 152 Å². The summed E-state index contributed by atoms with van der Waals surface area (Å²) >= 11 is 0. The molecule has 3 aromatic heterocycles. The first kappa shape index (κ1) is 33.4. The highest BCUT2D eigenvalue weighted by Gasteiger charge is 2.20. The Morgan fingerprint density at radius 3 is 1.53 bits per heavy atom. The Bertz CT molecular complexity index is 3210. The Balaban J connectivity index is 0.954. The number of nitrogens with zero attached hydrogens (tertiary/aromatic N) is 4. The molecule has 0 fully saturated rings. The van der Waals surface area contributed by atoms with Gasteiger partial charge in [0, 0.05) is 38.6 Å². The van der Waals surface area contributed by atoms with Crippen LogP contribution in [0.25, 0.3) is 112 Å². The van der Waals surface area contributed by atoms with Crippen LogP contribution in [0.2, 0.25) is 0 Å². The number of oxazole rings is 1. The molecule has 11 rings (SSSR count). The van der Waals surface area contributed by atoms with Crippen molar-refractivity contribution >= 4 is 33.0 Å². The van der Waals surface area contributed by atoms with Gasteiger partial charge in [0.2, 0.25) is 5.89 Å². The van der Waals surface area contributed by atoms with E-state index in [4.69, 9.17) is 28.8 Å². The van der Waals surface area contributed by atoms with E-state index in [1.165, 1.54) is 11.1 Å². The van der Waals surface area contributed by atoms with E-state index in [2.05, 4.69) is 103 Å². The number of hydrogen-bond acceptors (Lipinski definition) is 6. The predicted molar refractivity (Wildman–Crippen MR) is 233 cm³/mol. The summed E-state index contributed by atoms with van der Waals surface area (Å²) in [5.74, 6) is 2.38. The molecule has 58 heavy (non-hydrogen) atoms. The smallest absolute Gasteiger partial charge is 0.227 e. The third-order valence-electron chi connectivity index (χ3n) is 10.6. The third-order valence-corrected chi connectivity index (χ3v) is 10.6. The molecule has 0 bridgehead atoms. The zero-order chi connectivity index (χ0) is 38.4. The molecule has 272 valence electrons. The lowest BCUT2D eigenvalue weighted by atomic mass is 9.98. The fourth-order valence-electron chi connectivity index (χ4n) is 7.72. The largest absolute Gasteiger partial charge is 0.456 e. The molecule has 0 radical (unpaired) electrons. The highest BCUT2D eigenvalue weighted by atomic mass is 16.3. The van der Waals surface area contributed by atoms with Gasteiger partial charge in [0.15, 0.2) is 23.1 Å². The molecule has 11 aromatic rings. The van der Waals surface area contributed by atoms with Crippen molar-refractivity contribution in [1.29, 1.82) is 0 Å². The van der Waals surface area contributed by atoms with Gasteiger partial charge in [-0.2, -0.15) is 0 Å². The van der Waals surface area contributed by atoms with Crippen molar-refractivity contribution in [1.82, 2.24) is 19.9 Å². The molecule has 6 nitrogen and oxygen atoms in total. The minimum Gasteiger partial charge on any atom is -0.456 e. The highest BCUT2D eigenvalue weighted by molar-refractivity contribution is 6.12. The van der Waals surface area contributed by atoms with Gasteiger partial charge >= 0.3 is 0 Å². The average Bonchev–Trinajstić information content (AvgIpc) is 3.92. The van der Waals surface area contributed by atoms with Crippen LogP contribution in [0.15, 0.2) is 203 Å². The van der Waals surface area contributed by atoms with Gasteiger partial charge in [0.25, 0.3) is 0 Å². The number of furan rings is 1. The topological polar surface area (TPSA) is 77.8 Å². The van der Waals surface area contributed by atoms with E-state index >= 15 is 0 Å². The van der Waals surface area contributed by atoms with Gasteiger partial charge in [0.1, 0.15) is 16.7 Å². The van der Waals surface area contributed by atoms with Gasteiger partial charge in [-0.15, -0.1) is 0 Å². The van der Waals surface area contributed by atoms with Crippen molar-refractivity contribution in [3.8, 4) is 79.0 Å². The van der Waals surface area contributed by atoms with Crippen LogP contribution in [-0.2, 0) is 0 Å². The van der Waals surface area contributed by atoms with E-state index in [1.54, 1.807) is 0 Å². The van der Waals surface area contributed by atoms with Crippen molar-refractivity contribution in [3.63, 3.8) is 0 Å². The zero-order valence-corrected chi connectivity index (χ0v) is 31.1. The minimum atomic E-state index is 0.573. The summed E-state index contributed by atoms with van der Waals surface area (Å²) in [5.41, 5.74) is 13.2. The van der Waals surface area contributed by atoms with Gasteiger partial charge in [-0.3, -0.25) is 0 Å². The molecule has 3 heterocycles. The summed E-state index contributed by atoms with van der Waals surface area (Å²) in [6, 6.07) is 65.9. The van der Waals surface area contributed by atoms with E-state index in [-0.39, 0.29) is 0 Å². The number of rotatable bonds is 7. The molecule has 0 aliphatic carbocycles. The lowest BCUT2D eigenvalue weighted by Crippen LogP contribution is -2.00. The van der Waals surface area contributed by atoms with Crippen LogP contribution in [-0.4, -0.2) is 19.9 Å². The monoisotopic (exact) mass is 744 g/mol. The van der Waals surface area contributed by atoms with Gasteiger partial charge in [0.05, 0.1) is 0 Å². The predicted octanol–water partition coefficient (Wildman–Crippen LogP) is 13.6. The first-order chi connectivity index (χ1) is 28.7. The highest BCUT2D eigenvalue weighted by Crippen LogP contribution is 2.40. The normalized spacial score (nSPS) is 11.4. The first-order valence-electron chi connectivity index (χ1n) is 19.2. The maximum Gasteiger partial charge on any atom is 0.227 e. The SMILES string of the molecule is c1ccc(-c2cccc(-c3ccc(-c4nc5cccc(-c6ccc7c(c6)oc6cccc(-c8nc(-c9ccccc9)nc(-c9ccccc9)n8)c67)c5o4)cc3)c2)cc1. The molecule has 0 aliphatic rings. The quantitative estimate of drug-likeness (QED) is 0.162. The van der Waals surface area contributed by atoms with Crippen LogP contribution >= 0.6 is 0 Å². The second-order valence-corrected chi connectivity index (χ2v) is 14.2. The summed E-state index contributed by atoms with van der Waals surface area (Å²) in [7, 11) is 0. The lowest BCUT2D eigenvalue weighted by Gasteiger charge is -2.09. The van der Waals surface area contributed by atoms with E-state index < -0.39 is 0 Å². The molecule has 8 aromatic carbocycles. The maximum absolute atomic E-state index is 6.56. The van der Waals surface area contributed by atoms with E-state index in [9.17, 15) is 0 Å². The number of fused-ring (bicyclic) bond motifs is 4. The van der Waals surface area contributed by atoms with Crippen LogP contribution in [0.4, 0.5) is 0 Å². The number of benzene rings is 8. The van der Waals surface area contributed by atoms with Crippen LogP contribution < -0.4 is 0 Å².